The Bertz CT molecular complexity index is 741. The van der Waals surface area contributed by atoms with Crippen molar-refractivity contribution in [2.45, 2.75) is 26.4 Å². The number of rotatable bonds is 5. The molecular formula is C17H21N3O3S. The van der Waals surface area contributed by atoms with Crippen molar-refractivity contribution < 1.29 is 13.9 Å². The van der Waals surface area contributed by atoms with E-state index in [-0.39, 0.29) is 11.9 Å². The fraction of sp³-hybridized carbons (Fsp3) is 0.471. The van der Waals surface area contributed by atoms with E-state index in [2.05, 4.69) is 10.00 Å². The molecule has 1 aromatic heterocycles. The molecule has 1 aliphatic rings. The zero-order valence-electron chi connectivity index (χ0n) is 13.7. The third-order valence-electron chi connectivity index (χ3n) is 4.09. The number of hydrogen-bond donors (Lipinski definition) is 0. The Morgan fingerprint density at radius 1 is 1.42 bits per heavy atom. The Morgan fingerprint density at radius 3 is 2.96 bits per heavy atom. The van der Waals surface area contributed by atoms with E-state index in [1.807, 2.05) is 37.3 Å². The zero-order chi connectivity index (χ0) is 16.9. The lowest BCUT2D eigenvalue weighted by atomic mass is 9.99. The Balaban J connectivity index is 1.69. The number of ether oxygens (including phenoxy) is 1. The van der Waals surface area contributed by atoms with E-state index in [1.54, 1.807) is 4.68 Å². The summed E-state index contributed by atoms with van der Waals surface area (Å²) in [4.78, 5) is 14.4. The highest BCUT2D eigenvalue weighted by Gasteiger charge is 2.27. The Labute approximate surface area is 146 Å². The summed E-state index contributed by atoms with van der Waals surface area (Å²) >= 11 is 5.28. The summed E-state index contributed by atoms with van der Waals surface area (Å²) in [5.41, 5.74) is 0.894. The first kappa shape index (κ1) is 16.9. The molecule has 2 aromatic rings. The standard InChI is InChI=1S/C17H21N3O3S/c1-2-22-16(21)14-9-6-10-19(11-14)12-20-17(24)23-15(18-20)13-7-4-3-5-8-13/h3-5,7-8,14H,2,6,9-12H2,1H3/t14-/m0/s1. The largest absolute Gasteiger partial charge is 0.466 e. The van der Waals surface area contributed by atoms with Gasteiger partial charge in [-0.05, 0) is 50.7 Å². The van der Waals surface area contributed by atoms with Crippen molar-refractivity contribution in [3.05, 3.63) is 35.2 Å². The van der Waals surface area contributed by atoms with Gasteiger partial charge in [0.25, 0.3) is 4.84 Å². The third-order valence-corrected chi connectivity index (χ3v) is 4.38. The smallest absolute Gasteiger partial charge is 0.310 e. The Kier molecular flexibility index (Phi) is 5.42. The summed E-state index contributed by atoms with van der Waals surface area (Å²) in [6, 6.07) is 9.67. The van der Waals surface area contributed by atoms with Crippen LogP contribution in [0.5, 0.6) is 0 Å². The molecule has 0 saturated carbocycles. The van der Waals surface area contributed by atoms with Gasteiger partial charge in [0.15, 0.2) is 0 Å². The molecule has 2 heterocycles. The maximum absolute atomic E-state index is 11.9. The maximum Gasteiger partial charge on any atom is 0.310 e. The number of esters is 1. The van der Waals surface area contributed by atoms with Crippen molar-refractivity contribution in [2.24, 2.45) is 5.92 Å². The average Bonchev–Trinajstić information content (AvgIpc) is 2.97. The van der Waals surface area contributed by atoms with Crippen molar-refractivity contribution in [1.82, 2.24) is 14.7 Å². The molecule has 0 bridgehead atoms. The lowest BCUT2D eigenvalue weighted by Gasteiger charge is -2.30. The summed E-state index contributed by atoms with van der Waals surface area (Å²) in [6.07, 6.45) is 1.83. The van der Waals surface area contributed by atoms with Gasteiger partial charge in [-0.2, -0.15) is 0 Å². The van der Waals surface area contributed by atoms with Gasteiger partial charge in [-0.15, -0.1) is 5.10 Å². The molecule has 1 saturated heterocycles. The van der Waals surface area contributed by atoms with Gasteiger partial charge in [0.2, 0.25) is 5.89 Å². The molecule has 1 fully saturated rings. The average molecular weight is 347 g/mol. The molecule has 0 N–H and O–H groups in total. The minimum absolute atomic E-state index is 0.0756. The van der Waals surface area contributed by atoms with Gasteiger partial charge in [-0.25, -0.2) is 4.68 Å². The van der Waals surface area contributed by atoms with Gasteiger partial charge in [-0.1, -0.05) is 18.2 Å². The first-order chi connectivity index (χ1) is 11.7. The second kappa shape index (κ2) is 7.72. The fourth-order valence-corrected chi connectivity index (χ4v) is 3.10. The van der Waals surface area contributed by atoms with E-state index < -0.39 is 0 Å². The summed E-state index contributed by atoms with van der Waals surface area (Å²) in [7, 11) is 0. The van der Waals surface area contributed by atoms with Gasteiger partial charge < -0.3 is 9.15 Å². The Hall–Kier alpha value is -1.99. The molecule has 0 aliphatic carbocycles. The number of nitrogens with zero attached hydrogens (tertiary/aromatic N) is 3. The van der Waals surface area contributed by atoms with Crippen molar-refractivity contribution in [1.29, 1.82) is 0 Å². The monoisotopic (exact) mass is 347 g/mol. The molecule has 128 valence electrons. The molecule has 7 heteroatoms. The number of carbonyl (C=O) groups excluding carboxylic acids is 1. The number of carbonyl (C=O) groups is 1. The van der Waals surface area contributed by atoms with E-state index in [0.29, 0.717) is 30.5 Å². The quantitative estimate of drug-likeness (QED) is 0.612. The Morgan fingerprint density at radius 2 is 2.21 bits per heavy atom. The predicted octanol–water partition coefficient (Wildman–Crippen LogP) is 3.11. The SMILES string of the molecule is CCOC(=O)[C@H]1CCCN(Cn2nc(-c3ccccc3)oc2=S)C1. The van der Waals surface area contributed by atoms with E-state index in [4.69, 9.17) is 21.4 Å². The van der Waals surface area contributed by atoms with Crippen LogP contribution in [0.2, 0.25) is 0 Å². The second-order valence-electron chi connectivity index (χ2n) is 5.85. The van der Waals surface area contributed by atoms with E-state index in [1.165, 1.54) is 0 Å². The van der Waals surface area contributed by atoms with Crippen LogP contribution in [0.25, 0.3) is 11.5 Å². The van der Waals surface area contributed by atoms with E-state index >= 15 is 0 Å². The van der Waals surface area contributed by atoms with Crippen molar-refractivity contribution >= 4 is 18.2 Å². The first-order valence-electron chi connectivity index (χ1n) is 8.19. The first-order valence-corrected chi connectivity index (χ1v) is 8.60. The van der Waals surface area contributed by atoms with Crippen LogP contribution < -0.4 is 0 Å². The fourth-order valence-electron chi connectivity index (χ4n) is 2.92. The molecule has 1 atom stereocenters. The summed E-state index contributed by atoms with van der Waals surface area (Å²) in [6.45, 7) is 4.34. The van der Waals surface area contributed by atoms with Crippen LogP contribution in [0.3, 0.4) is 0 Å². The van der Waals surface area contributed by atoms with Gasteiger partial charge in [0.1, 0.15) is 0 Å². The maximum atomic E-state index is 11.9. The van der Waals surface area contributed by atoms with Crippen LogP contribution in [-0.2, 0) is 16.2 Å². The van der Waals surface area contributed by atoms with Gasteiger partial charge in [0.05, 0.1) is 19.2 Å². The number of piperidine rings is 1. The molecule has 0 amide bonds. The highest BCUT2D eigenvalue weighted by Crippen LogP contribution is 2.20. The highest BCUT2D eigenvalue weighted by molar-refractivity contribution is 7.71. The second-order valence-corrected chi connectivity index (χ2v) is 6.20. The zero-order valence-corrected chi connectivity index (χ0v) is 14.5. The third kappa shape index (κ3) is 3.91. The summed E-state index contributed by atoms with van der Waals surface area (Å²) < 4.78 is 12.4. The summed E-state index contributed by atoms with van der Waals surface area (Å²) in [5.74, 6) is 0.323. The van der Waals surface area contributed by atoms with Gasteiger partial charge in [-0.3, -0.25) is 9.69 Å². The molecular weight excluding hydrogens is 326 g/mol. The molecule has 6 nitrogen and oxygen atoms in total. The van der Waals surface area contributed by atoms with Crippen LogP contribution in [-0.4, -0.2) is 40.3 Å². The van der Waals surface area contributed by atoms with Crippen LogP contribution in [0.15, 0.2) is 34.7 Å². The number of likely N-dealkylation sites (tertiary alicyclic amines) is 1. The van der Waals surface area contributed by atoms with Crippen LogP contribution in [0.4, 0.5) is 0 Å². The van der Waals surface area contributed by atoms with Gasteiger partial charge >= 0.3 is 5.97 Å². The number of hydrogen-bond acceptors (Lipinski definition) is 6. The molecule has 1 aromatic carbocycles. The highest BCUT2D eigenvalue weighted by atomic mass is 32.1. The van der Waals surface area contributed by atoms with Gasteiger partial charge in [0, 0.05) is 12.1 Å². The minimum Gasteiger partial charge on any atom is -0.466 e. The number of aromatic nitrogens is 2. The van der Waals surface area contributed by atoms with Crippen molar-refractivity contribution in [3.8, 4) is 11.5 Å². The van der Waals surface area contributed by atoms with E-state index in [0.717, 1.165) is 24.9 Å². The van der Waals surface area contributed by atoms with E-state index in [9.17, 15) is 4.79 Å². The minimum atomic E-state index is -0.115. The topological polar surface area (TPSA) is 60.5 Å². The normalized spacial score (nSPS) is 18.5. The molecule has 0 radical (unpaired) electrons. The molecule has 1 aliphatic heterocycles. The lowest BCUT2D eigenvalue weighted by Crippen LogP contribution is -2.40. The van der Waals surface area contributed by atoms with Crippen LogP contribution in [0, 0.1) is 10.8 Å². The van der Waals surface area contributed by atoms with Crippen LogP contribution >= 0.6 is 12.2 Å². The molecule has 24 heavy (non-hydrogen) atoms. The number of benzene rings is 1. The van der Waals surface area contributed by atoms with Crippen molar-refractivity contribution in [2.75, 3.05) is 19.7 Å². The summed E-state index contributed by atoms with van der Waals surface area (Å²) in [5, 5.41) is 4.47. The van der Waals surface area contributed by atoms with Crippen molar-refractivity contribution in [3.63, 3.8) is 0 Å². The van der Waals surface area contributed by atoms with Crippen LogP contribution in [0.1, 0.15) is 19.8 Å². The lowest BCUT2D eigenvalue weighted by molar-refractivity contribution is -0.150. The predicted molar refractivity (Wildman–Crippen MR) is 91.7 cm³/mol. The molecule has 0 unspecified atom stereocenters. The molecule has 0 spiro atoms. The molecule has 3 rings (SSSR count).